The number of carbonyl (C=O) groups excluding carboxylic acids is 1. The first-order chi connectivity index (χ1) is 6.11. The van der Waals surface area contributed by atoms with Crippen LogP contribution in [0.25, 0.3) is 5.76 Å². The molecule has 0 atom stereocenters. The zero-order chi connectivity index (χ0) is 9.84. The van der Waals surface area contributed by atoms with Crippen LogP contribution in [0.15, 0.2) is 24.4 Å². The van der Waals surface area contributed by atoms with Gasteiger partial charge in [-0.15, -0.1) is 0 Å². The van der Waals surface area contributed by atoms with Crippen molar-refractivity contribution in [2.75, 3.05) is 0 Å². The van der Waals surface area contributed by atoms with Crippen LogP contribution in [0.1, 0.15) is 5.69 Å². The molecule has 0 saturated heterocycles. The van der Waals surface area contributed by atoms with Crippen LogP contribution in [0.3, 0.4) is 0 Å². The lowest BCUT2D eigenvalue weighted by Crippen LogP contribution is -2.09. The van der Waals surface area contributed by atoms with Crippen LogP contribution in [0.2, 0.25) is 0 Å². The number of hydrogen-bond acceptors (Lipinski definition) is 3. The summed E-state index contributed by atoms with van der Waals surface area (Å²) in [5.41, 5.74) is 0.301. The number of nitrogens with one attached hydrogen (secondary N) is 1. The van der Waals surface area contributed by atoms with Crippen LogP contribution < -0.4 is 0 Å². The molecule has 0 saturated carbocycles. The van der Waals surface area contributed by atoms with Gasteiger partial charge in [-0.3, -0.25) is 4.79 Å². The monoisotopic (exact) mass is 181 g/mol. The average Bonchev–Trinajstić information content (AvgIpc) is 2.55. The normalized spacial score (nSPS) is 11.2. The quantitative estimate of drug-likeness (QED) is 0.361. The molecule has 1 aromatic heterocycles. The second-order valence-corrected chi connectivity index (χ2v) is 2.28. The number of rotatable bonds is 3. The van der Waals surface area contributed by atoms with E-state index in [1.807, 2.05) is 0 Å². The highest BCUT2D eigenvalue weighted by atomic mass is 16.4. The topological polar surface area (TPSA) is 90.4 Å². The van der Waals surface area contributed by atoms with E-state index in [0.29, 0.717) is 11.8 Å². The Balaban J connectivity index is 2.84. The Morgan fingerprint density at radius 3 is 2.54 bits per heavy atom. The molecule has 68 valence electrons. The molecule has 0 amide bonds. The number of aromatic amines is 1. The van der Waals surface area contributed by atoms with Crippen molar-refractivity contribution in [3.8, 4) is 0 Å². The number of carboxylic acid groups (broad SMARTS) is 1. The van der Waals surface area contributed by atoms with Gasteiger partial charge in [0.2, 0.25) is 0 Å². The van der Waals surface area contributed by atoms with E-state index in [0.717, 1.165) is 0 Å². The highest BCUT2D eigenvalue weighted by Crippen LogP contribution is 2.07. The summed E-state index contributed by atoms with van der Waals surface area (Å²) in [6, 6.07) is 3.13. The third-order valence-electron chi connectivity index (χ3n) is 1.35. The molecule has 0 aliphatic heterocycles. The summed E-state index contributed by atoms with van der Waals surface area (Å²) in [5, 5.41) is 17.4. The lowest BCUT2D eigenvalue weighted by molar-refractivity contribution is -0.146. The molecule has 1 aromatic rings. The molecule has 0 aliphatic carbocycles. The first-order valence-corrected chi connectivity index (χ1v) is 3.43. The number of hydrogen-bond donors (Lipinski definition) is 3. The van der Waals surface area contributed by atoms with Gasteiger partial charge in [-0.1, -0.05) is 0 Å². The van der Waals surface area contributed by atoms with Gasteiger partial charge in [-0.2, -0.15) is 0 Å². The fourth-order valence-electron chi connectivity index (χ4n) is 0.753. The molecule has 13 heavy (non-hydrogen) atoms. The summed E-state index contributed by atoms with van der Waals surface area (Å²) in [7, 11) is 0. The zero-order valence-electron chi connectivity index (χ0n) is 6.52. The molecule has 0 radical (unpaired) electrons. The Morgan fingerprint density at radius 2 is 2.08 bits per heavy atom. The average molecular weight is 181 g/mol. The van der Waals surface area contributed by atoms with Crippen molar-refractivity contribution in [2.24, 2.45) is 0 Å². The molecule has 3 N–H and O–H groups in total. The maximum atomic E-state index is 10.6. The Morgan fingerprint density at radius 1 is 1.38 bits per heavy atom. The first-order valence-electron chi connectivity index (χ1n) is 3.43. The van der Waals surface area contributed by atoms with Crippen molar-refractivity contribution in [2.45, 2.75) is 0 Å². The fourth-order valence-corrected chi connectivity index (χ4v) is 0.753. The molecule has 1 rings (SSSR count). The molecule has 0 spiro atoms. The van der Waals surface area contributed by atoms with E-state index < -0.39 is 17.5 Å². The van der Waals surface area contributed by atoms with E-state index in [4.69, 9.17) is 5.11 Å². The number of aliphatic hydroxyl groups is 1. The van der Waals surface area contributed by atoms with Gasteiger partial charge in [0.05, 0.1) is 5.69 Å². The van der Waals surface area contributed by atoms with E-state index in [2.05, 4.69) is 4.98 Å². The molecular formula is C8H7NO4. The van der Waals surface area contributed by atoms with Crippen molar-refractivity contribution < 1.29 is 19.8 Å². The predicted molar refractivity (Wildman–Crippen MR) is 44.0 cm³/mol. The van der Waals surface area contributed by atoms with Crippen molar-refractivity contribution in [1.82, 2.24) is 4.98 Å². The smallest absolute Gasteiger partial charge is 0.376 e. The van der Waals surface area contributed by atoms with Crippen molar-refractivity contribution in [3.63, 3.8) is 0 Å². The number of aliphatic carboxylic acids is 1. The number of H-pyrrole nitrogens is 1. The Bertz CT molecular complexity index is 350. The minimum Gasteiger partial charge on any atom is -0.506 e. The van der Waals surface area contributed by atoms with Crippen LogP contribution in [-0.2, 0) is 9.59 Å². The Labute approximate surface area is 73.3 Å². The number of aromatic nitrogens is 1. The van der Waals surface area contributed by atoms with Crippen LogP contribution in [-0.4, -0.2) is 26.9 Å². The standard InChI is InChI=1S/C8H7NO4/c10-6(4-7(11)8(12)13)5-2-1-3-9-5/h1-4,9-10H,(H,12,13)/b6-4-. The van der Waals surface area contributed by atoms with Gasteiger partial charge in [0.15, 0.2) is 0 Å². The highest BCUT2D eigenvalue weighted by molar-refractivity contribution is 6.38. The van der Waals surface area contributed by atoms with Gasteiger partial charge in [0.25, 0.3) is 5.78 Å². The molecule has 5 nitrogen and oxygen atoms in total. The predicted octanol–water partition coefficient (Wildman–Crippen LogP) is 0.567. The third kappa shape index (κ3) is 2.19. The summed E-state index contributed by atoms with van der Waals surface area (Å²) in [6.07, 6.45) is 2.19. The Hall–Kier alpha value is -2.04. The largest absolute Gasteiger partial charge is 0.506 e. The highest BCUT2D eigenvalue weighted by Gasteiger charge is 2.10. The minimum atomic E-state index is -1.60. The first kappa shape index (κ1) is 9.05. The SMILES string of the molecule is O=C(O)C(=O)/C=C(\O)c1ccc[nH]1. The summed E-state index contributed by atoms with van der Waals surface area (Å²) in [6.45, 7) is 0. The van der Waals surface area contributed by atoms with Gasteiger partial charge < -0.3 is 15.2 Å². The summed E-state index contributed by atoms with van der Waals surface area (Å²) in [5.74, 6) is -3.15. The molecule has 0 bridgehead atoms. The lowest BCUT2D eigenvalue weighted by Gasteiger charge is -1.93. The summed E-state index contributed by atoms with van der Waals surface area (Å²) in [4.78, 5) is 23.3. The van der Waals surface area contributed by atoms with Crippen LogP contribution in [0, 0.1) is 0 Å². The molecule has 0 unspecified atom stereocenters. The number of carboxylic acids is 1. The fraction of sp³-hybridized carbons (Fsp3) is 0. The van der Waals surface area contributed by atoms with Gasteiger partial charge in [-0.05, 0) is 12.1 Å². The second kappa shape index (κ2) is 3.57. The lowest BCUT2D eigenvalue weighted by atomic mass is 10.3. The number of aliphatic hydroxyl groups excluding tert-OH is 1. The molecule has 0 fully saturated rings. The zero-order valence-corrected chi connectivity index (χ0v) is 6.52. The number of ketones is 1. The second-order valence-electron chi connectivity index (χ2n) is 2.28. The van der Waals surface area contributed by atoms with E-state index in [1.165, 1.54) is 6.07 Å². The van der Waals surface area contributed by atoms with Crippen LogP contribution in [0.4, 0.5) is 0 Å². The van der Waals surface area contributed by atoms with Gasteiger partial charge >= 0.3 is 5.97 Å². The molecule has 0 aliphatic rings. The van der Waals surface area contributed by atoms with Crippen LogP contribution >= 0.6 is 0 Å². The van der Waals surface area contributed by atoms with Crippen LogP contribution in [0.5, 0.6) is 0 Å². The minimum absolute atomic E-state index is 0.301. The van der Waals surface area contributed by atoms with Gasteiger partial charge in [-0.25, -0.2) is 4.79 Å². The van der Waals surface area contributed by atoms with E-state index in [1.54, 1.807) is 12.3 Å². The van der Waals surface area contributed by atoms with E-state index in [9.17, 15) is 14.7 Å². The van der Waals surface area contributed by atoms with Crippen molar-refractivity contribution in [3.05, 3.63) is 30.1 Å². The van der Waals surface area contributed by atoms with Crippen molar-refractivity contribution >= 4 is 17.5 Å². The van der Waals surface area contributed by atoms with E-state index >= 15 is 0 Å². The van der Waals surface area contributed by atoms with E-state index in [-0.39, 0.29) is 0 Å². The van der Waals surface area contributed by atoms with Gasteiger partial charge in [0.1, 0.15) is 5.76 Å². The maximum Gasteiger partial charge on any atom is 0.376 e. The Kier molecular flexibility index (Phi) is 2.49. The third-order valence-corrected chi connectivity index (χ3v) is 1.35. The molecule has 1 heterocycles. The molecular weight excluding hydrogens is 174 g/mol. The maximum absolute atomic E-state index is 10.6. The van der Waals surface area contributed by atoms with Gasteiger partial charge in [0, 0.05) is 12.3 Å². The molecule has 5 heteroatoms. The van der Waals surface area contributed by atoms with Crippen molar-refractivity contribution in [1.29, 1.82) is 0 Å². The molecule has 0 aromatic carbocycles. The summed E-state index contributed by atoms with van der Waals surface area (Å²) >= 11 is 0. The summed E-state index contributed by atoms with van der Waals surface area (Å²) < 4.78 is 0. The number of carbonyl (C=O) groups is 2.